The van der Waals surface area contributed by atoms with Crippen LogP contribution in [0.4, 0.5) is 0 Å². The zero-order chi connectivity index (χ0) is 15.6. The van der Waals surface area contributed by atoms with E-state index in [2.05, 4.69) is 19.2 Å². The van der Waals surface area contributed by atoms with Gasteiger partial charge in [-0.2, -0.15) is 0 Å². The summed E-state index contributed by atoms with van der Waals surface area (Å²) in [6, 6.07) is 0. The molecule has 20 heavy (non-hydrogen) atoms. The van der Waals surface area contributed by atoms with Crippen molar-refractivity contribution in [1.82, 2.24) is 9.62 Å². The van der Waals surface area contributed by atoms with E-state index in [-0.39, 0.29) is 0 Å². The largest absolute Gasteiger partial charge is 0.389 e. The number of aliphatic hydroxyl groups excluding tert-OH is 1. The average molecular weight is 310 g/mol. The van der Waals surface area contributed by atoms with Crippen LogP contribution < -0.4 is 5.32 Å². The Morgan fingerprint density at radius 1 is 1.30 bits per heavy atom. The van der Waals surface area contributed by atoms with Crippen LogP contribution in [0.15, 0.2) is 0 Å². The Morgan fingerprint density at radius 3 is 2.45 bits per heavy atom. The lowest BCUT2D eigenvalue weighted by Crippen LogP contribution is -2.35. The predicted molar refractivity (Wildman–Crippen MR) is 81.2 cm³/mol. The van der Waals surface area contributed by atoms with Crippen LogP contribution >= 0.6 is 0 Å². The Balaban J connectivity index is 3.61. The van der Waals surface area contributed by atoms with Crippen molar-refractivity contribution in [2.45, 2.75) is 33.3 Å². The molecule has 0 aromatic carbocycles. The van der Waals surface area contributed by atoms with Gasteiger partial charge in [0, 0.05) is 26.2 Å². The molecular formula is C13H30N2O4S. The first-order valence-electron chi connectivity index (χ1n) is 7.19. The van der Waals surface area contributed by atoms with Gasteiger partial charge in [0.1, 0.15) is 0 Å². The van der Waals surface area contributed by atoms with Gasteiger partial charge in [0.05, 0.1) is 19.0 Å². The van der Waals surface area contributed by atoms with Crippen molar-refractivity contribution in [3.8, 4) is 0 Å². The minimum atomic E-state index is -3.10. The lowest BCUT2D eigenvalue weighted by molar-refractivity contribution is 0.0262. The second-order valence-corrected chi connectivity index (χ2v) is 7.38. The third-order valence-electron chi connectivity index (χ3n) is 2.72. The van der Waals surface area contributed by atoms with Crippen LogP contribution in [0.5, 0.6) is 0 Å². The number of ether oxygens (including phenoxy) is 1. The summed E-state index contributed by atoms with van der Waals surface area (Å²) in [4.78, 5) is 0. The molecule has 7 heteroatoms. The maximum absolute atomic E-state index is 11.4. The van der Waals surface area contributed by atoms with Gasteiger partial charge in [-0.3, -0.25) is 0 Å². The molecule has 0 heterocycles. The van der Waals surface area contributed by atoms with Crippen LogP contribution in [-0.4, -0.2) is 69.6 Å². The molecule has 1 unspecified atom stereocenters. The number of nitrogens with zero attached hydrogens (tertiary/aromatic N) is 1. The van der Waals surface area contributed by atoms with E-state index in [4.69, 9.17) is 4.74 Å². The zero-order valence-electron chi connectivity index (χ0n) is 13.1. The van der Waals surface area contributed by atoms with Crippen LogP contribution in [-0.2, 0) is 14.8 Å². The molecule has 0 aliphatic carbocycles. The molecule has 0 aromatic rings. The van der Waals surface area contributed by atoms with E-state index >= 15 is 0 Å². The summed E-state index contributed by atoms with van der Waals surface area (Å²) in [6.45, 7) is 9.05. The molecule has 0 saturated carbocycles. The fourth-order valence-corrected chi connectivity index (χ4v) is 2.64. The van der Waals surface area contributed by atoms with Gasteiger partial charge >= 0.3 is 0 Å². The normalized spacial score (nSPS) is 14.2. The van der Waals surface area contributed by atoms with Crippen molar-refractivity contribution in [1.29, 1.82) is 0 Å². The molecule has 1 atom stereocenters. The van der Waals surface area contributed by atoms with Crippen LogP contribution in [0.2, 0.25) is 0 Å². The molecule has 122 valence electrons. The molecule has 0 aliphatic heterocycles. The van der Waals surface area contributed by atoms with Gasteiger partial charge in [-0.15, -0.1) is 0 Å². The van der Waals surface area contributed by atoms with Gasteiger partial charge in [-0.05, 0) is 18.9 Å². The summed E-state index contributed by atoms with van der Waals surface area (Å²) >= 11 is 0. The SMILES string of the molecule is CCN(CCCNCC(O)COCC(C)C)S(C)(=O)=O. The zero-order valence-corrected chi connectivity index (χ0v) is 13.9. The molecule has 2 N–H and O–H groups in total. The highest BCUT2D eigenvalue weighted by Crippen LogP contribution is 1.98. The predicted octanol–water partition coefficient (Wildman–Crippen LogP) is 0.281. The van der Waals surface area contributed by atoms with E-state index in [1.54, 1.807) is 0 Å². The van der Waals surface area contributed by atoms with E-state index < -0.39 is 16.1 Å². The van der Waals surface area contributed by atoms with Crippen LogP contribution in [0.25, 0.3) is 0 Å². The molecular weight excluding hydrogens is 280 g/mol. The summed E-state index contributed by atoms with van der Waals surface area (Å²) < 4.78 is 29.5. The molecule has 0 aromatic heterocycles. The summed E-state index contributed by atoms with van der Waals surface area (Å²) in [7, 11) is -3.10. The van der Waals surface area contributed by atoms with Crippen molar-refractivity contribution in [2.75, 3.05) is 45.6 Å². The Bertz CT molecular complexity index is 333. The lowest BCUT2D eigenvalue weighted by atomic mass is 10.2. The number of aliphatic hydroxyl groups is 1. The number of rotatable bonds is 12. The maximum atomic E-state index is 11.4. The molecule has 0 amide bonds. The maximum Gasteiger partial charge on any atom is 0.211 e. The number of sulfonamides is 1. The molecule has 6 nitrogen and oxygen atoms in total. The minimum absolute atomic E-state index is 0.329. The molecule has 0 bridgehead atoms. The Kier molecular flexibility index (Phi) is 10.4. The van der Waals surface area contributed by atoms with Crippen LogP contribution in [0.3, 0.4) is 0 Å². The summed E-state index contributed by atoms with van der Waals surface area (Å²) in [5.41, 5.74) is 0. The van der Waals surface area contributed by atoms with Crippen molar-refractivity contribution >= 4 is 10.0 Å². The second-order valence-electron chi connectivity index (χ2n) is 5.40. The molecule has 0 saturated heterocycles. The first-order valence-corrected chi connectivity index (χ1v) is 9.03. The van der Waals surface area contributed by atoms with Crippen molar-refractivity contribution in [3.63, 3.8) is 0 Å². The van der Waals surface area contributed by atoms with Crippen LogP contribution in [0, 0.1) is 5.92 Å². The van der Waals surface area contributed by atoms with E-state index in [1.165, 1.54) is 10.6 Å². The highest BCUT2D eigenvalue weighted by molar-refractivity contribution is 7.88. The van der Waals surface area contributed by atoms with Gasteiger partial charge < -0.3 is 15.2 Å². The van der Waals surface area contributed by atoms with E-state index in [0.717, 1.165) is 6.42 Å². The molecule has 0 rings (SSSR count). The lowest BCUT2D eigenvalue weighted by Gasteiger charge is -2.18. The van der Waals surface area contributed by atoms with Gasteiger partial charge in [0.15, 0.2) is 0 Å². The standard InChI is InChI=1S/C13H30N2O4S/c1-5-15(20(4,17)18)8-6-7-14-9-13(16)11-19-10-12(2)3/h12-14,16H,5-11H2,1-4H3. The van der Waals surface area contributed by atoms with E-state index in [1.807, 2.05) is 6.92 Å². The van der Waals surface area contributed by atoms with Gasteiger partial charge in [-0.25, -0.2) is 12.7 Å². The first kappa shape index (κ1) is 19.8. The Hall–Kier alpha value is -0.210. The van der Waals surface area contributed by atoms with E-state index in [9.17, 15) is 13.5 Å². The average Bonchev–Trinajstić information content (AvgIpc) is 2.31. The fourth-order valence-electron chi connectivity index (χ4n) is 1.71. The van der Waals surface area contributed by atoms with Gasteiger partial charge in [-0.1, -0.05) is 20.8 Å². The third-order valence-corrected chi connectivity index (χ3v) is 4.10. The monoisotopic (exact) mass is 310 g/mol. The molecule has 0 fully saturated rings. The molecule has 0 radical (unpaired) electrons. The van der Waals surface area contributed by atoms with Crippen molar-refractivity contribution in [2.24, 2.45) is 5.92 Å². The summed E-state index contributed by atoms with van der Waals surface area (Å²) in [6.07, 6.45) is 1.42. The van der Waals surface area contributed by atoms with Gasteiger partial charge in [0.25, 0.3) is 0 Å². The van der Waals surface area contributed by atoms with Crippen LogP contribution in [0.1, 0.15) is 27.2 Å². The Labute approximate surface area is 123 Å². The third kappa shape index (κ3) is 10.6. The number of hydrogen-bond acceptors (Lipinski definition) is 5. The fraction of sp³-hybridized carbons (Fsp3) is 1.00. The summed E-state index contributed by atoms with van der Waals surface area (Å²) in [5.74, 6) is 0.464. The molecule has 0 spiro atoms. The highest BCUT2D eigenvalue weighted by Gasteiger charge is 2.13. The summed E-state index contributed by atoms with van der Waals surface area (Å²) in [5, 5.41) is 12.8. The highest BCUT2D eigenvalue weighted by atomic mass is 32.2. The quantitative estimate of drug-likeness (QED) is 0.506. The van der Waals surface area contributed by atoms with Gasteiger partial charge in [0.2, 0.25) is 10.0 Å². The van der Waals surface area contributed by atoms with E-state index in [0.29, 0.717) is 45.3 Å². The second kappa shape index (κ2) is 10.5. The van der Waals surface area contributed by atoms with Crippen molar-refractivity contribution in [3.05, 3.63) is 0 Å². The Morgan fingerprint density at radius 2 is 1.95 bits per heavy atom. The number of nitrogens with one attached hydrogen (secondary N) is 1. The molecule has 0 aliphatic rings. The topological polar surface area (TPSA) is 78.9 Å². The first-order chi connectivity index (χ1) is 9.27. The number of hydrogen-bond donors (Lipinski definition) is 2. The smallest absolute Gasteiger partial charge is 0.211 e. The minimum Gasteiger partial charge on any atom is -0.389 e. The van der Waals surface area contributed by atoms with Crippen molar-refractivity contribution < 1.29 is 18.3 Å².